The molecule has 130 valence electrons. The molecule has 0 unspecified atom stereocenters. The molecule has 0 N–H and O–H groups in total. The standard InChI is InChI=1S/C19H19BrN2O2S/c1-24-17-9-7-16(8-10-17)22(19-21-11-2-12-25-19)13-18(23)14-3-5-15(20)6-4-14/h3-10H,2,11-13H2,1H3. The van der Waals surface area contributed by atoms with Crippen molar-refractivity contribution in [3.63, 3.8) is 0 Å². The first kappa shape index (κ1) is 18.0. The van der Waals surface area contributed by atoms with Gasteiger partial charge in [0.2, 0.25) is 0 Å². The minimum absolute atomic E-state index is 0.0668. The average Bonchev–Trinajstić information content (AvgIpc) is 2.67. The molecule has 2 aromatic carbocycles. The Morgan fingerprint density at radius 1 is 1.20 bits per heavy atom. The monoisotopic (exact) mass is 418 g/mol. The number of thioether (sulfide) groups is 1. The number of benzene rings is 2. The van der Waals surface area contributed by atoms with Crippen molar-refractivity contribution < 1.29 is 9.53 Å². The third-order valence-corrected chi connectivity index (χ3v) is 5.49. The highest BCUT2D eigenvalue weighted by Crippen LogP contribution is 2.25. The van der Waals surface area contributed by atoms with Crippen LogP contribution in [0.1, 0.15) is 16.8 Å². The number of hydrogen-bond acceptors (Lipinski definition) is 5. The maximum Gasteiger partial charge on any atom is 0.182 e. The van der Waals surface area contributed by atoms with Crippen LogP contribution in [0.25, 0.3) is 0 Å². The molecule has 1 heterocycles. The molecule has 0 amide bonds. The SMILES string of the molecule is COc1ccc(N(CC(=O)c2ccc(Br)cc2)C2=NCCCS2)cc1. The quantitative estimate of drug-likeness (QED) is 0.663. The number of nitrogens with zero attached hydrogens (tertiary/aromatic N) is 2. The summed E-state index contributed by atoms with van der Waals surface area (Å²) in [6.45, 7) is 1.07. The van der Waals surface area contributed by atoms with Gasteiger partial charge in [-0.3, -0.25) is 9.79 Å². The fourth-order valence-electron chi connectivity index (χ4n) is 2.51. The third-order valence-electron chi connectivity index (χ3n) is 3.86. The van der Waals surface area contributed by atoms with E-state index >= 15 is 0 Å². The number of rotatable bonds is 5. The second-order valence-electron chi connectivity index (χ2n) is 5.58. The summed E-state index contributed by atoms with van der Waals surface area (Å²) in [5.74, 6) is 1.89. The number of carbonyl (C=O) groups excluding carboxylic acids is 1. The van der Waals surface area contributed by atoms with Gasteiger partial charge in [0.05, 0.1) is 13.7 Å². The zero-order valence-electron chi connectivity index (χ0n) is 13.9. The topological polar surface area (TPSA) is 41.9 Å². The molecule has 3 rings (SSSR count). The summed E-state index contributed by atoms with van der Waals surface area (Å²) >= 11 is 5.10. The van der Waals surface area contributed by atoms with Crippen molar-refractivity contribution in [2.24, 2.45) is 4.99 Å². The number of Topliss-reactive ketones (excluding diaryl/α,β-unsaturated/α-hetero) is 1. The molecule has 1 aliphatic rings. The van der Waals surface area contributed by atoms with E-state index < -0.39 is 0 Å². The van der Waals surface area contributed by atoms with Gasteiger partial charge in [-0.05, 0) is 42.8 Å². The van der Waals surface area contributed by atoms with Gasteiger partial charge in [0.15, 0.2) is 11.0 Å². The largest absolute Gasteiger partial charge is 0.497 e. The van der Waals surface area contributed by atoms with Gasteiger partial charge in [-0.25, -0.2) is 0 Å². The van der Waals surface area contributed by atoms with Gasteiger partial charge >= 0.3 is 0 Å². The second kappa shape index (κ2) is 8.54. The number of hydrogen-bond donors (Lipinski definition) is 0. The van der Waals surface area contributed by atoms with Crippen LogP contribution >= 0.6 is 27.7 Å². The summed E-state index contributed by atoms with van der Waals surface area (Å²) in [5.41, 5.74) is 1.64. The van der Waals surface area contributed by atoms with Crippen molar-refractivity contribution in [3.05, 3.63) is 58.6 Å². The lowest BCUT2D eigenvalue weighted by Crippen LogP contribution is -2.35. The van der Waals surface area contributed by atoms with Crippen LogP contribution in [-0.2, 0) is 0 Å². The van der Waals surface area contributed by atoms with Gasteiger partial charge in [0, 0.05) is 28.0 Å². The Hall–Kier alpha value is -1.79. The van der Waals surface area contributed by atoms with Crippen LogP contribution in [0.15, 0.2) is 58.0 Å². The van der Waals surface area contributed by atoms with Gasteiger partial charge < -0.3 is 9.64 Å². The second-order valence-corrected chi connectivity index (χ2v) is 7.56. The van der Waals surface area contributed by atoms with Crippen LogP contribution in [0.5, 0.6) is 5.75 Å². The molecule has 0 spiro atoms. The molecule has 0 fully saturated rings. The molecule has 0 bridgehead atoms. The summed E-state index contributed by atoms with van der Waals surface area (Å²) in [4.78, 5) is 19.4. The molecule has 0 aliphatic carbocycles. The number of amidine groups is 1. The first-order valence-corrected chi connectivity index (χ1v) is 9.83. The number of methoxy groups -OCH3 is 1. The Kier molecular flexibility index (Phi) is 6.15. The molecule has 0 radical (unpaired) electrons. The lowest BCUT2D eigenvalue weighted by molar-refractivity contribution is 0.100. The van der Waals surface area contributed by atoms with Gasteiger partial charge in [-0.2, -0.15) is 0 Å². The normalized spacial score (nSPS) is 13.9. The highest BCUT2D eigenvalue weighted by Gasteiger charge is 2.20. The van der Waals surface area contributed by atoms with E-state index in [1.54, 1.807) is 18.9 Å². The van der Waals surface area contributed by atoms with Gasteiger partial charge in [-0.15, -0.1) is 0 Å². The van der Waals surface area contributed by atoms with E-state index in [0.717, 1.165) is 39.8 Å². The van der Waals surface area contributed by atoms with E-state index in [1.807, 2.05) is 53.4 Å². The van der Waals surface area contributed by atoms with Crippen LogP contribution in [0.3, 0.4) is 0 Å². The zero-order chi connectivity index (χ0) is 17.6. The summed E-state index contributed by atoms with van der Waals surface area (Å²) < 4.78 is 6.19. The lowest BCUT2D eigenvalue weighted by atomic mass is 10.1. The number of anilines is 1. The Labute approximate surface area is 160 Å². The number of aliphatic imine (C=N–C) groups is 1. The van der Waals surface area contributed by atoms with Crippen molar-refractivity contribution in [1.29, 1.82) is 0 Å². The summed E-state index contributed by atoms with van der Waals surface area (Å²) in [7, 11) is 1.64. The minimum Gasteiger partial charge on any atom is -0.497 e. The van der Waals surface area contributed by atoms with Gasteiger partial charge in [0.1, 0.15) is 5.75 Å². The summed E-state index contributed by atoms with van der Waals surface area (Å²) in [6.07, 6.45) is 1.07. The first-order valence-electron chi connectivity index (χ1n) is 8.05. The number of ether oxygens (including phenoxy) is 1. The van der Waals surface area contributed by atoms with E-state index in [4.69, 9.17) is 4.74 Å². The van der Waals surface area contributed by atoms with Crippen molar-refractivity contribution in [2.45, 2.75) is 6.42 Å². The van der Waals surface area contributed by atoms with Gasteiger partial charge in [-0.1, -0.05) is 39.8 Å². The maximum atomic E-state index is 12.8. The smallest absolute Gasteiger partial charge is 0.182 e. The lowest BCUT2D eigenvalue weighted by Gasteiger charge is -2.27. The Balaban J connectivity index is 1.86. The van der Waals surface area contributed by atoms with Crippen LogP contribution < -0.4 is 9.64 Å². The molecule has 4 nitrogen and oxygen atoms in total. The van der Waals surface area contributed by atoms with E-state index in [1.165, 1.54) is 0 Å². The minimum atomic E-state index is 0.0668. The molecule has 6 heteroatoms. The Morgan fingerprint density at radius 2 is 1.92 bits per heavy atom. The first-order chi connectivity index (χ1) is 12.2. The van der Waals surface area contributed by atoms with Crippen molar-refractivity contribution in [3.8, 4) is 5.75 Å². The Morgan fingerprint density at radius 3 is 2.52 bits per heavy atom. The maximum absolute atomic E-state index is 12.8. The van der Waals surface area contributed by atoms with Crippen molar-refractivity contribution in [1.82, 2.24) is 0 Å². The molecule has 1 aliphatic heterocycles. The molecule has 2 aromatic rings. The highest BCUT2D eigenvalue weighted by molar-refractivity contribution is 9.10. The molecule has 0 atom stereocenters. The van der Waals surface area contributed by atoms with Crippen LogP contribution in [0.2, 0.25) is 0 Å². The van der Waals surface area contributed by atoms with Crippen LogP contribution in [0, 0.1) is 0 Å². The number of halogens is 1. The predicted molar refractivity (Wildman–Crippen MR) is 108 cm³/mol. The Bertz CT molecular complexity index is 760. The summed E-state index contributed by atoms with van der Waals surface area (Å²) in [6, 6.07) is 15.2. The number of carbonyl (C=O) groups is 1. The molecule has 25 heavy (non-hydrogen) atoms. The number of ketones is 1. The molecule has 0 aromatic heterocycles. The van der Waals surface area contributed by atoms with E-state index in [2.05, 4.69) is 20.9 Å². The third kappa shape index (κ3) is 4.64. The molecular weight excluding hydrogens is 400 g/mol. The fourth-order valence-corrected chi connectivity index (χ4v) is 3.74. The molecule has 0 saturated carbocycles. The van der Waals surface area contributed by atoms with Crippen molar-refractivity contribution >= 4 is 44.3 Å². The van der Waals surface area contributed by atoms with Crippen LogP contribution in [0.4, 0.5) is 5.69 Å². The summed E-state index contributed by atoms with van der Waals surface area (Å²) in [5, 5.41) is 0.905. The van der Waals surface area contributed by atoms with E-state index in [0.29, 0.717) is 5.56 Å². The average molecular weight is 419 g/mol. The van der Waals surface area contributed by atoms with Crippen molar-refractivity contribution in [2.75, 3.05) is 30.9 Å². The highest BCUT2D eigenvalue weighted by atomic mass is 79.9. The van der Waals surface area contributed by atoms with E-state index in [9.17, 15) is 4.79 Å². The zero-order valence-corrected chi connectivity index (χ0v) is 16.3. The predicted octanol–water partition coefficient (Wildman–Crippen LogP) is 4.64. The van der Waals surface area contributed by atoms with Crippen LogP contribution in [-0.4, -0.2) is 36.9 Å². The van der Waals surface area contributed by atoms with E-state index in [-0.39, 0.29) is 12.3 Å². The fraction of sp³-hybridized carbons (Fsp3) is 0.263. The molecular formula is C19H19BrN2O2S. The van der Waals surface area contributed by atoms with Gasteiger partial charge in [0.25, 0.3) is 0 Å². The molecule has 0 saturated heterocycles.